The summed E-state index contributed by atoms with van der Waals surface area (Å²) in [5, 5.41) is 11.8. The van der Waals surface area contributed by atoms with Crippen LogP contribution in [0.1, 0.15) is 12.0 Å². The van der Waals surface area contributed by atoms with Crippen LogP contribution in [0.2, 0.25) is 0 Å². The van der Waals surface area contributed by atoms with Gasteiger partial charge in [0.1, 0.15) is 6.61 Å². The Hall–Kier alpha value is -1.92. The molecule has 0 saturated carbocycles. The second kappa shape index (κ2) is 9.06. The lowest BCUT2D eigenvalue weighted by Gasteiger charge is -2.14. The zero-order valence-electron chi connectivity index (χ0n) is 11.4. The summed E-state index contributed by atoms with van der Waals surface area (Å²) in [6.07, 6.45) is -0.00103. The molecule has 0 spiro atoms. The summed E-state index contributed by atoms with van der Waals surface area (Å²) in [5.74, 6) is -0.897. The highest BCUT2D eigenvalue weighted by atomic mass is 16.5. The summed E-state index contributed by atoms with van der Waals surface area (Å²) in [6.45, 7) is -0.141. The van der Waals surface area contributed by atoms with Crippen LogP contribution < -0.4 is 5.32 Å². The number of aliphatic hydroxyl groups is 1. The van der Waals surface area contributed by atoms with Gasteiger partial charge < -0.3 is 19.9 Å². The van der Waals surface area contributed by atoms with E-state index in [1.165, 1.54) is 7.11 Å². The van der Waals surface area contributed by atoms with Gasteiger partial charge in [-0.1, -0.05) is 30.3 Å². The highest BCUT2D eigenvalue weighted by molar-refractivity contribution is 5.72. The first-order valence-corrected chi connectivity index (χ1v) is 6.26. The van der Waals surface area contributed by atoms with E-state index >= 15 is 0 Å². The Morgan fingerprint density at radius 1 is 1.25 bits per heavy atom. The van der Waals surface area contributed by atoms with Crippen LogP contribution in [0, 0.1) is 0 Å². The molecule has 1 rings (SSSR count). The SMILES string of the molecule is COC(=O)C[C@@H](CO)NCC(=O)OCc1ccccc1. The lowest BCUT2D eigenvalue weighted by Crippen LogP contribution is -2.38. The van der Waals surface area contributed by atoms with E-state index in [1.807, 2.05) is 30.3 Å². The largest absolute Gasteiger partial charge is 0.469 e. The molecule has 0 aliphatic heterocycles. The minimum atomic E-state index is -0.522. The highest BCUT2D eigenvalue weighted by Gasteiger charge is 2.14. The lowest BCUT2D eigenvalue weighted by molar-refractivity contribution is -0.145. The van der Waals surface area contributed by atoms with Gasteiger partial charge in [-0.3, -0.25) is 9.59 Å². The van der Waals surface area contributed by atoms with Gasteiger partial charge in [-0.15, -0.1) is 0 Å². The number of benzene rings is 1. The van der Waals surface area contributed by atoms with Crippen LogP contribution in [0.4, 0.5) is 0 Å². The number of hydrogen-bond acceptors (Lipinski definition) is 6. The fourth-order valence-corrected chi connectivity index (χ4v) is 1.50. The van der Waals surface area contributed by atoms with Gasteiger partial charge in [0, 0.05) is 6.04 Å². The van der Waals surface area contributed by atoms with Crippen LogP contribution in [-0.4, -0.2) is 43.3 Å². The number of hydrogen-bond donors (Lipinski definition) is 2. The van der Waals surface area contributed by atoms with Crippen LogP contribution >= 0.6 is 0 Å². The average molecular weight is 281 g/mol. The topological polar surface area (TPSA) is 84.9 Å². The molecule has 0 radical (unpaired) electrons. The normalized spacial score (nSPS) is 11.7. The summed E-state index contributed by atoms with van der Waals surface area (Å²) in [5.41, 5.74) is 0.897. The molecule has 0 aliphatic rings. The maximum absolute atomic E-state index is 11.5. The Balaban J connectivity index is 2.26. The molecule has 110 valence electrons. The predicted octanol–water partition coefficient (Wildman–Crippen LogP) is 0.243. The molecular formula is C14H19NO5. The first kappa shape index (κ1) is 16.1. The Kier molecular flexibility index (Phi) is 7.31. The Morgan fingerprint density at radius 3 is 2.55 bits per heavy atom. The fraction of sp³-hybridized carbons (Fsp3) is 0.429. The molecule has 0 aromatic heterocycles. The second-order valence-electron chi connectivity index (χ2n) is 4.19. The van der Waals surface area contributed by atoms with Crippen LogP contribution in [0.25, 0.3) is 0 Å². The first-order chi connectivity index (χ1) is 9.65. The maximum atomic E-state index is 11.5. The molecule has 20 heavy (non-hydrogen) atoms. The summed E-state index contributed by atoms with van der Waals surface area (Å²) in [7, 11) is 1.27. The quantitative estimate of drug-likeness (QED) is 0.664. The molecule has 0 unspecified atom stereocenters. The molecule has 0 fully saturated rings. The van der Waals surface area contributed by atoms with Crippen molar-refractivity contribution < 1.29 is 24.2 Å². The van der Waals surface area contributed by atoms with Crippen molar-refractivity contribution in [1.29, 1.82) is 0 Å². The monoisotopic (exact) mass is 281 g/mol. The van der Waals surface area contributed by atoms with Gasteiger partial charge in [0.15, 0.2) is 0 Å². The van der Waals surface area contributed by atoms with Gasteiger partial charge in [0.2, 0.25) is 0 Å². The smallest absolute Gasteiger partial charge is 0.320 e. The average Bonchev–Trinajstić information content (AvgIpc) is 2.50. The van der Waals surface area contributed by atoms with E-state index in [2.05, 4.69) is 10.1 Å². The Labute approximate surface area is 117 Å². The van der Waals surface area contributed by atoms with Crippen molar-refractivity contribution in [2.45, 2.75) is 19.1 Å². The van der Waals surface area contributed by atoms with E-state index < -0.39 is 18.0 Å². The van der Waals surface area contributed by atoms with Crippen molar-refractivity contribution >= 4 is 11.9 Å². The van der Waals surface area contributed by atoms with Crippen molar-refractivity contribution in [2.75, 3.05) is 20.3 Å². The summed E-state index contributed by atoms with van der Waals surface area (Å²) < 4.78 is 9.54. The molecule has 0 bridgehead atoms. The number of ether oxygens (including phenoxy) is 2. The summed E-state index contributed by atoms with van der Waals surface area (Å²) in [6, 6.07) is 8.79. The molecular weight excluding hydrogens is 262 g/mol. The Bertz CT molecular complexity index is 421. The number of nitrogens with one attached hydrogen (secondary N) is 1. The second-order valence-corrected chi connectivity index (χ2v) is 4.19. The molecule has 6 heteroatoms. The number of rotatable bonds is 8. The van der Waals surface area contributed by atoms with Gasteiger partial charge in [0.25, 0.3) is 0 Å². The molecule has 1 aromatic rings. The van der Waals surface area contributed by atoms with Crippen molar-refractivity contribution in [1.82, 2.24) is 5.32 Å². The third-order valence-electron chi connectivity index (χ3n) is 2.64. The summed E-state index contributed by atoms with van der Waals surface area (Å²) >= 11 is 0. The van der Waals surface area contributed by atoms with Crippen molar-refractivity contribution in [3.8, 4) is 0 Å². The summed E-state index contributed by atoms with van der Waals surface area (Å²) in [4.78, 5) is 22.6. The van der Waals surface area contributed by atoms with E-state index in [1.54, 1.807) is 0 Å². The highest BCUT2D eigenvalue weighted by Crippen LogP contribution is 2.00. The van der Waals surface area contributed by atoms with E-state index in [0.717, 1.165) is 5.56 Å². The molecule has 0 heterocycles. The standard InChI is InChI=1S/C14H19NO5/c1-19-13(17)7-12(9-16)15-8-14(18)20-10-11-5-3-2-4-6-11/h2-6,12,15-16H,7-10H2,1H3/t12-/m0/s1. The van der Waals surface area contributed by atoms with Gasteiger partial charge in [0.05, 0.1) is 26.7 Å². The molecule has 1 atom stereocenters. The van der Waals surface area contributed by atoms with E-state index in [4.69, 9.17) is 9.84 Å². The van der Waals surface area contributed by atoms with Crippen LogP contribution in [0.3, 0.4) is 0 Å². The molecule has 0 saturated heterocycles. The number of carbonyl (C=O) groups excluding carboxylic acids is 2. The van der Waals surface area contributed by atoms with Crippen LogP contribution in [-0.2, 0) is 25.7 Å². The molecule has 2 N–H and O–H groups in total. The lowest BCUT2D eigenvalue weighted by atomic mass is 10.2. The Morgan fingerprint density at radius 2 is 1.95 bits per heavy atom. The number of carbonyl (C=O) groups is 2. The zero-order chi connectivity index (χ0) is 14.8. The fourth-order valence-electron chi connectivity index (χ4n) is 1.50. The third-order valence-corrected chi connectivity index (χ3v) is 2.64. The molecule has 0 aliphatic carbocycles. The molecule has 1 aromatic carbocycles. The number of aliphatic hydroxyl groups excluding tert-OH is 1. The molecule has 6 nitrogen and oxygen atoms in total. The molecule has 0 amide bonds. The van der Waals surface area contributed by atoms with E-state index in [9.17, 15) is 9.59 Å². The minimum Gasteiger partial charge on any atom is -0.469 e. The van der Waals surface area contributed by atoms with Gasteiger partial charge >= 0.3 is 11.9 Å². The van der Waals surface area contributed by atoms with E-state index in [-0.39, 0.29) is 26.2 Å². The van der Waals surface area contributed by atoms with Gasteiger partial charge in [-0.05, 0) is 5.56 Å². The third kappa shape index (κ3) is 6.31. The van der Waals surface area contributed by atoms with Crippen molar-refractivity contribution in [2.24, 2.45) is 0 Å². The number of esters is 2. The minimum absolute atomic E-state index is 0.00103. The first-order valence-electron chi connectivity index (χ1n) is 6.26. The predicted molar refractivity (Wildman–Crippen MR) is 71.7 cm³/mol. The zero-order valence-corrected chi connectivity index (χ0v) is 11.4. The van der Waals surface area contributed by atoms with Crippen LogP contribution in [0.15, 0.2) is 30.3 Å². The number of methoxy groups -OCH3 is 1. The maximum Gasteiger partial charge on any atom is 0.320 e. The van der Waals surface area contributed by atoms with E-state index in [0.29, 0.717) is 0 Å². The van der Waals surface area contributed by atoms with Gasteiger partial charge in [-0.25, -0.2) is 0 Å². The van der Waals surface area contributed by atoms with Crippen molar-refractivity contribution in [3.05, 3.63) is 35.9 Å². The van der Waals surface area contributed by atoms with Crippen LogP contribution in [0.5, 0.6) is 0 Å². The van der Waals surface area contributed by atoms with Gasteiger partial charge in [-0.2, -0.15) is 0 Å². The van der Waals surface area contributed by atoms with Crippen molar-refractivity contribution in [3.63, 3.8) is 0 Å².